The maximum absolute atomic E-state index is 13.7. The second-order valence-electron chi connectivity index (χ2n) is 5.42. The standard InChI is InChI=1S/C14H22FN/c1-11-6-5-7-12(8-11)9-13(15)10-16-14(2,3)4/h5-8,13,16H,9-10H2,1-4H3. The van der Waals surface area contributed by atoms with Crippen molar-refractivity contribution in [1.82, 2.24) is 5.32 Å². The fourth-order valence-electron chi connectivity index (χ4n) is 1.58. The number of halogens is 1. The molecule has 0 saturated heterocycles. The molecule has 90 valence electrons. The average molecular weight is 223 g/mol. The van der Waals surface area contributed by atoms with E-state index in [1.165, 1.54) is 5.56 Å². The lowest BCUT2D eigenvalue weighted by Crippen LogP contribution is -2.40. The highest BCUT2D eigenvalue weighted by atomic mass is 19.1. The van der Waals surface area contributed by atoms with Crippen LogP contribution in [0.3, 0.4) is 0 Å². The van der Waals surface area contributed by atoms with Gasteiger partial charge in [-0.25, -0.2) is 4.39 Å². The molecule has 0 heterocycles. The van der Waals surface area contributed by atoms with Gasteiger partial charge in [-0.3, -0.25) is 0 Å². The lowest BCUT2D eigenvalue weighted by molar-refractivity contribution is 0.284. The second-order valence-corrected chi connectivity index (χ2v) is 5.42. The summed E-state index contributed by atoms with van der Waals surface area (Å²) in [5, 5.41) is 3.18. The zero-order chi connectivity index (χ0) is 12.2. The topological polar surface area (TPSA) is 12.0 Å². The Morgan fingerprint density at radius 3 is 2.56 bits per heavy atom. The Balaban J connectivity index is 2.43. The van der Waals surface area contributed by atoms with Crippen LogP contribution in [0.4, 0.5) is 4.39 Å². The molecule has 0 aromatic heterocycles. The summed E-state index contributed by atoms with van der Waals surface area (Å²) >= 11 is 0. The molecule has 1 atom stereocenters. The number of alkyl halides is 1. The van der Waals surface area contributed by atoms with Crippen molar-refractivity contribution >= 4 is 0 Å². The molecule has 16 heavy (non-hydrogen) atoms. The Labute approximate surface area is 98.1 Å². The number of nitrogens with one attached hydrogen (secondary N) is 1. The number of hydrogen-bond donors (Lipinski definition) is 1. The van der Waals surface area contributed by atoms with Gasteiger partial charge in [-0.15, -0.1) is 0 Å². The average Bonchev–Trinajstić information content (AvgIpc) is 2.14. The van der Waals surface area contributed by atoms with E-state index in [-0.39, 0.29) is 5.54 Å². The van der Waals surface area contributed by atoms with Gasteiger partial charge in [0.2, 0.25) is 0 Å². The predicted octanol–water partition coefficient (Wildman–Crippen LogP) is 3.26. The Morgan fingerprint density at radius 1 is 1.31 bits per heavy atom. The van der Waals surface area contributed by atoms with Gasteiger partial charge in [0.25, 0.3) is 0 Å². The molecule has 1 rings (SSSR count). The summed E-state index contributed by atoms with van der Waals surface area (Å²) in [7, 11) is 0. The molecule has 0 aliphatic carbocycles. The number of rotatable bonds is 4. The van der Waals surface area contributed by atoms with Crippen molar-refractivity contribution in [3.63, 3.8) is 0 Å². The van der Waals surface area contributed by atoms with Crippen LogP contribution in [-0.2, 0) is 6.42 Å². The van der Waals surface area contributed by atoms with E-state index in [1.807, 2.05) is 52.0 Å². The summed E-state index contributed by atoms with van der Waals surface area (Å²) in [5.74, 6) is 0. The summed E-state index contributed by atoms with van der Waals surface area (Å²) in [4.78, 5) is 0. The zero-order valence-corrected chi connectivity index (χ0v) is 10.7. The summed E-state index contributed by atoms with van der Waals surface area (Å²) in [6, 6.07) is 8.04. The Kier molecular flexibility index (Phi) is 4.48. The van der Waals surface area contributed by atoms with Crippen LogP contribution < -0.4 is 5.32 Å². The highest BCUT2D eigenvalue weighted by Gasteiger charge is 2.13. The van der Waals surface area contributed by atoms with Crippen LogP contribution in [-0.4, -0.2) is 18.3 Å². The van der Waals surface area contributed by atoms with E-state index >= 15 is 0 Å². The maximum atomic E-state index is 13.7. The third kappa shape index (κ3) is 5.26. The molecule has 2 heteroatoms. The van der Waals surface area contributed by atoms with Gasteiger partial charge in [-0.05, 0) is 33.3 Å². The molecule has 1 aromatic rings. The van der Waals surface area contributed by atoms with Crippen molar-refractivity contribution in [1.29, 1.82) is 0 Å². The zero-order valence-electron chi connectivity index (χ0n) is 10.7. The van der Waals surface area contributed by atoms with Crippen molar-refractivity contribution in [2.24, 2.45) is 0 Å². The highest BCUT2D eigenvalue weighted by Crippen LogP contribution is 2.09. The molecule has 0 spiro atoms. The van der Waals surface area contributed by atoms with Crippen molar-refractivity contribution < 1.29 is 4.39 Å². The van der Waals surface area contributed by atoms with Crippen molar-refractivity contribution in [3.05, 3.63) is 35.4 Å². The third-order valence-corrected chi connectivity index (χ3v) is 2.39. The van der Waals surface area contributed by atoms with Crippen LogP contribution in [0, 0.1) is 6.92 Å². The monoisotopic (exact) mass is 223 g/mol. The molecule has 0 aliphatic heterocycles. The van der Waals surface area contributed by atoms with Crippen molar-refractivity contribution in [3.8, 4) is 0 Å². The summed E-state index contributed by atoms with van der Waals surface area (Å²) in [6.45, 7) is 8.59. The molecule has 1 aromatic carbocycles. The van der Waals surface area contributed by atoms with E-state index < -0.39 is 6.17 Å². The first-order valence-corrected chi connectivity index (χ1v) is 5.81. The Hall–Kier alpha value is -0.890. The van der Waals surface area contributed by atoms with E-state index in [0.29, 0.717) is 13.0 Å². The van der Waals surface area contributed by atoms with Crippen LogP contribution >= 0.6 is 0 Å². The number of hydrogen-bond acceptors (Lipinski definition) is 1. The molecule has 0 amide bonds. The normalized spacial score (nSPS) is 13.8. The molecule has 0 bridgehead atoms. The molecule has 0 saturated carbocycles. The third-order valence-electron chi connectivity index (χ3n) is 2.39. The molecule has 1 unspecified atom stereocenters. The van der Waals surface area contributed by atoms with Gasteiger partial charge in [-0.1, -0.05) is 29.8 Å². The molecule has 1 N–H and O–H groups in total. The fourth-order valence-corrected chi connectivity index (χ4v) is 1.58. The van der Waals surface area contributed by atoms with Gasteiger partial charge in [0.15, 0.2) is 0 Å². The minimum absolute atomic E-state index is 0.0169. The predicted molar refractivity (Wildman–Crippen MR) is 67.5 cm³/mol. The van der Waals surface area contributed by atoms with E-state index in [0.717, 1.165) is 5.56 Å². The quantitative estimate of drug-likeness (QED) is 0.826. The van der Waals surface area contributed by atoms with E-state index in [4.69, 9.17) is 0 Å². The fraction of sp³-hybridized carbons (Fsp3) is 0.571. The van der Waals surface area contributed by atoms with Gasteiger partial charge < -0.3 is 5.32 Å². The number of benzene rings is 1. The molecular formula is C14H22FN. The number of aryl methyl sites for hydroxylation is 1. The van der Waals surface area contributed by atoms with E-state index in [2.05, 4.69) is 5.32 Å². The van der Waals surface area contributed by atoms with Gasteiger partial charge in [0.1, 0.15) is 6.17 Å². The smallest absolute Gasteiger partial charge is 0.117 e. The maximum Gasteiger partial charge on any atom is 0.117 e. The molecule has 0 fully saturated rings. The van der Waals surface area contributed by atoms with Gasteiger partial charge >= 0.3 is 0 Å². The molecule has 1 nitrogen and oxygen atoms in total. The summed E-state index contributed by atoms with van der Waals surface area (Å²) in [5.41, 5.74) is 2.24. The summed E-state index contributed by atoms with van der Waals surface area (Å²) < 4.78 is 13.7. The van der Waals surface area contributed by atoms with Crippen LogP contribution in [0.2, 0.25) is 0 Å². The lowest BCUT2D eigenvalue weighted by Gasteiger charge is -2.22. The van der Waals surface area contributed by atoms with Gasteiger partial charge in [0, 0.05) is 18.5 Å². The first-order chi connectivity index (χ1) is 7.37. The van der Waals surface area contributed by atoms with E-state index in [1.54, 1.807) is 0 Å². The minimum Gasteiger partial charge on any atom is -0.309 e. The molecule has 0 radical (unpaired) electrons. The van der Waals surface area contributed by atoms with Crippen LogP contribution in [0.1, 0.15) is 31.9 Å². The lowest BCUT2D eigenvalue weighted by atomic mass is 10.0. The van der Waals surface area contributed by atoms with Crippen LogP contribution in [0.5, 0.6) is 0 Å². The first kappa shape index (κ1) is 13.2. The van der Waals surface area contributed by atoms with E-state index in [9.17, 15) is 4.39 Å². The SMILES string of the molecule is Cc1cccc(CC(F)CNC(C)(C)C)c1. The minimum atomic E-state index is -0.818. The molecular weight excluding hydrogens is 201 g/mol. The van der Waals surface area contributed by atoms with Crippen LogP contribution in [0.15, 0.2) is 24.3 Å². The Morgan fingerprint density at radius 2 is 2.00 bits per heavy atom. The highest BCUT2D eigenvalue weighted by molar-refractivity contribution is 5.22. The first-order valence-electron chi connectivity index (χ1n) is 5.81. The van der Waals surface area contributed by atoms with Crippen molar-refractivity contribution in [2.45, 2.75) is 45.8 Å². The molecule has 0 aliphatic rings. The largest absolute Gasteiger partial charge is 0.309 e. The Bertz CT molecular complexity index is 328. The second kappa shape index (κ2) is 5.44. The summed E-state index contributed by atoms with van der Waals surface area (Å²) in [6.07, 6.45) is -0.328. The van der Waals surface area contributed by atoms with Gasteiger partial charge in [-0.2, -0.15) is 0 Å². The van der Waals surface area contributed by atoms with Gasteiger partial charge in [0.05, 0.1) is 0 Å². The van der Waals surface area contributed by atoms with Crippen molar-refractivity contribution in [2.75, 3.05) is 6.54 Å². The van der Waals surface area contributed by atoms with Crippen LogP contribution in [0.25, 0.3) is 0 Å².